The summed E-state index contributed by atoms with van der Waals surface area (Å²) in [5.41, 5.74) is 4.38. The Balaban J connectivity index is 0.00000270. The minimum atomic E-state index is -0.916. The number of fused-ring (bicyclic) bond motifs is 1. The van der Waals surface area contributed by atoms with Crippen LogP contribution in [0.15, 0.2) is 62.6 Å². The molecular weight excluding hydrogens is 636 g/mol. The van der Waals surface area contributed by atoms with E-state index in [-0.39, 0.29) is 76.6 Å². The van der Waals surface area contributed by atoms with E-state index in [0.29, 0.717) is 23.8 Å². The van der Waals surface area contributed by atoms with Gasteiger partial charge < -0.3 is 11.3 Å². The van der Waals surface area contributed by atoms with E-state index in [1.807, 2.05) is 71.5 Å². The molecule has 1 aliphatic carbocycles. The van der Waals surface area contributed by atoms with E-state index in [0.717, 1.165) is 78.5 Å². The molecule has 0 spiro atoms. The number of nitrogens with one attached hydrogen (secondary N) is 1. The molecule has 1 aliphatic rings. The van der Waals surface area contributed by atoms with Crippen molar-refractivity contribution in [2.45, 2.75) is 110 Å². The molecule has 11 nitrogen and oxygen atoms in total. The van der Waals surface area contributed by atoms with Gasteiger partial charge in [0, 0.05) is 23.6 Å². The van der Waals surface area contributed by atoms with E-state index < -0.39 is 11.4 Å². The predicted octanol–water partition coefficient (Wildman–Crippen LogP) is 2.92. The van der Waals surface area contributed by atoms with Gasteiger partial charge in [0.25, 0.3) is 5.56 Å². The van der Waals surface area contributed by atoms with Crippen LogP contribution in [0.1, 0.15) is 96.3 Å². The van der Waals surface area contributed by atoms with E-state index >= 15 is 0 Å². The first-order valence-electron chi connectivity index (χ1n) is 16.7. The van der Waals surface area contributed by atoms with Gasteiger partial charge in [-0.3, -0.25) is 18.9 Å². The quantitative estimate of drug-likeness (QED) is 0.203. The molecule has 1 fully saturated rings. The maximum atomic E-state index is 14.5. The van der Waals surface area contributed by atoms with Crippen molar-refractivity contribution in [3.8, 4) is 22.5 Å². The number of hydrogen-bond acceptors (Lipinski definition) is 8. The zero-order valence-corrected chi connectivity index (χ0v) is 31.9. The number of nitrogens with zero attached hydrogens (tertiary/aromatic N) is 5. The molecule has 250 valence electrons. The summed E-state index contributed by atoms with van der Waals surface area (Å²) < 4.78 is 14.7. The zero-order valence-electron chi connectivity index (χ0n) is 29.8. The third kappa shape index (κ3) is 7.85. The Morgan fingerprint density at radius 1 is 1.08 bits per heavy atom. The summed E-state index contributed by atoms with van der Waals surface area (Å²) in [4.78, 5) is 33.5. The summed E-state index contributed by atoms with van der Waals surface area (Å²) in [6.07, 6.45) is 6.05. The molecule has 6 rings (SSSR count). The van der Waals surface area contributed by atoms with Crippen LogP contribution < -0.4 is 62.7 Å². The third-order valence-corrected chi connectivity index (χ3v) is 9.43. The fourth-order valence-electron chi connectivity index (χ4n) is 6.52. The number of aromatic nitrogens is 6. The number of unbranched alkanes of at least 4 members (excludes halogenated alkanes) is 1. The van der Waals surface area contributed by atoms with E-state index in [1.165, 1.54) is 0 Å². The minimum absolute atomic E-state index is 0. The van der Waals surface area contributed by atoms with Gasteiger partial charge in [-0.1, -0.05) is 67.0 Å². The van der Waals surface area contributed by atoms with Gasteiger partial charge in [-0.15, -0.1) is 0 Å². The van der Waals surface area contributed by atoms with E-state index in [4.69, 9.17) is 19.3 Å². The molecule has 0 aliphatic heterocycles. The summed E-state index contributed by atoms with van der Waals surface area (Å²) in [5.74, 6) is 1.02. The summed E-state index contributed by atoms with van der Waals surface area (Å²) in [6, 6.07) is 15.8. The Morgan fingerprint density at radius 3 is 2.40 bits per heavy atom. The number of aliphatic hydroxyl groups is 1. The summed E-state index contributed by atoms with van der Waals surface area (Å²) >= 11 is 0. The molecule has 1 atom stereocenters. The number of rotatable bonds is 11. The minimum Gasteiger partial charge on any atom is -1.00 e. The zero-order chi connectivity index (χ0) is 33.3. The molecule has 3 aromatic heterocycles. The van der Waals surface area contributed by atoms with Crippen molar-refractivity contribution in [1.82, 2.24) is 29.3 Å². The standard InChI is InChI=1S/C36H44N6O5.K.H/c1-6-7-12-31-30(21-24-13-15-25(16-14-24)28-10-8-9-11-29(28)32-38-35(44)47-40-32)33(43)41(34-37-23(3)39-42(31)34)26-17-19-27(20-18-26)46-22(2)36(4,5)45;;/h8-11,13-16,22,26-27,45H,6-7,12,17-21H2,1-5H3,(H,38,40,44);;/q;+1;-1. The van der Waals surface area contributed by atoms with Gasteiger partial charge in [0.1, 0.15) is 5.82 Å². The van der Waals surface area contributed by atoms with Gasteiger partial charge in [-0.05, 0) is 82.9 Å². The molecule has 0 radical (unpaired) electrons. The maximum Gasteiger partial charge on any atom is 1.00 e. The molecule has 1 unspecified atom stereocenters. The Kier molecular flexibility index (Phi) is 11.8. The fourth-order valence-corrected chi connectivity index (χ4v) is 6.52. The third-order valence-electron chi connectivity index (χ3n) is 9.43. The van der Waals surface area contributed by atoms with Gasteiger partial charge in [0.2, 0.25) is 5.78 Å². The predicted molar refractivity (Wildman–Crippen MR) is 181 cm³/mol. The Bertz CT molecular complexity index is 1970. The number of aryl methyl sites for hydroxylation is 2. The van der Waals surface area contributed by atoms with Crippen LogP contribution in [-0.2, 0) is 17.6 Å². The van der Waals surface area contributed by atoms with Crippen LogP contribution >= 0.6 is 0 Å². The summed E-state index contributed by atoms with van der Waals surface area (Å²) in [7, 11) is 0. The van der Waals surface area contributed by atoms with Gasteiger partial charge in [0.15, 0.2) is 5.82 Å². The smallest absolute Gasteiger partial charge is 1.00 e. The van der Waals surface area contributed by atoms with Crippen LogP contribution in [0.5, 0.6) is 0 Å². The van der Waals surface area contributed by atoms with Crippen molar-refractivity contribution < 1.29 is 67.2 Å². The molecule has 1 saturated carbocycles. The average molecular weight is 681 g/mol. The number of ether oxygens (including phenoxy) is 1. The van der Waals surface area contributed by atoms with Crippen LogP contribution in [-0.4, -0.2) is 52.2 Å². The molecule has 3 heterocycles. The molecule has 0 amide bonds. The van der Waals surface area contributed by atoms with E-state index in [2.05, 4.69) is 17.1 Å². The monoisotopic (exact) mass is 680 g/mol. The van der Waals surface area contributed by atoms with Crippen LogP contribution in [0.2, 0.25) is 0 Å². The number of aromatic amines is 1. The van der Waals surface area contributed by atoms with Crippen molar-refractivity contribution in [3.63, 3.8) is 0 Å². The number of benzene rings is 2. The molecule has 2 aromatic carbocycles. The molecule has 0 saturated heterocycles. The molecule has 2 N–H and O–H groups in total. The second-order valence-corrected chi connectivity index (χ2v) is 13.3. The molecule has 48 heavy (non-hydrogen) atoms. The first-order valence-corrected chi connectivity index (χ1v) is 16.7. The van der Waals surface area contributed by atoms with Crippen LogP contribution in [0.25, 0.3) is 28.3 Å². The second kappa shape index (κ2) is 15.4. The second-order valence-electron chi connectivity index (χ2n) is 13.3. The Hall–Kier alpha value is -2.71. The average Bonchev–Trinajstić information content (AvgIpc) is 3.66. The van der Waals surface area contributed by atoms with Crippen LogP contribution in [0.4, 0.5) is 0 Å². The molecule has 0 bridgehead atoms. The summed E-state index contributed by atoms with van der Waals surface area (Å²) in [5, 5.41) is 19.0. The largest absolute Gasteiger partial charge is 1.00 e. The van der Waals surface area contributed by atoms with E-state index in [9.17, 15) is 14.7 Å². The SMILES string of the molecule is CCCCc1c(Cc2ccc(-c3ccccc3-c3noc(=O)[nH]3)cc2)c(=O)n(C2CCC(OC(C)C(C)(C)O)CC2)c2nc(C)nn12.[H-].[K+]. The molecule has 12 heteroatoms. The molecular formula is C36H45KN6O5. The van der Waals surface area contributed by atoms with Crippen molar-refractivity contribution in [3.05, 3.63) is 92.1 Å². The Labute approximate surface area is 324 Å². The summed E-state index contributed by atoms with van der Waals surface area (Å²) in [6.45, 7) is 9.46. The van der Waals surface area contributed by atoms with Crippen LogP contribution in [0.3, 0.4) is 0 Å². The van der Waals surface area contributed by atoms with Gasteiger partial charge in [0.05, 0.1) is 23.5 Å². The number of H-pyrrole nitrogens is 1. The van der Waals surface area contributed by atoms with Crippen molar-refractivity contribution in [1.29, 1.82) is 0 Å². The first kappa shape index (κ1) is 36.6. The van der Waals surface area contributed by atoms with Crippen molar-refractivity contribution in [2.24, 2.45) is 0 Å². The molecule has 5 aromatic rings. The number of hydrogen-bond donors (Lipinski definition) is 2. The normalized spacial score (nSPS) is 17.4. The Morgan fingerprint density at radius 2 is 1.77 bits per heavy atom. The maximum absolute atomic E-state index is 14.5. The first-order chi connectivity index (χ1) is 22.5. The van der Waals surface area contributed by atoms with Crippen LogP contribution in [0, 0.1) is 6.92 Å². The van der Waals surface area contributed by atoms with E-state index in [1.54, 1.807) is 13.8 Å². The van der Waals surface area contributed by atoms with Crippen molar-refractivity contribution >= 4 is 5.78 Å². The fraction of sp³-hybridized carbons (Fsp3) is 0.472. The van der Waals surface area contributed by atoms with Gasteiger partial charge in [-0.2, -0.15) is 10.1 Å². The van der Waals surface area contributed by atoms with Crippen molar-refractivity contribution in [2.75, 3.05) is 0 Å². The van der Waals surface area contributed by atoms with Gasteiger partial charge in [-0.25, -0.2) is 9.31 Å². The topological polar surface area (TPSA) is 141 Å². The van der Waals surface area contributed by atoms with Gasteiger partial charge >= 0.3 is 57.1 Å².